The predicted molar refractivity (Wildman–Crippen MR) is 63.1 cm³/mol. The lowest BCUT2D eigenvalue weighted by Gasteiger charge is -2.04. The second kappa shape index (κ2) is 4.44. The fraction of sp³-hybridized carbons (Fsp3) is 0.100. The summed E-state index contributed by atoms with van der Waals surface area (Å²) >= 11 is 3.24. The first kappa shape index (κ1) is 10.8. The van der Waals surface area contributed by atoms with Gasteiger partial charge in [0.25, 0.3) is 5.91 Å². The smallest absolute Gasteiger partial charge is 0.275 e. The summed E-state index contributed by atoms with van der Waals surface area (Å²) in [4.78, 5) is 19.8. The van der Waals surface area contributed by atoms with Crippen molar-refractivity contribution >= 4 is 27.7 Å². The van der Waals surface area contributed by atoms with Gasteiger partial charge in [-0.3, -0.25) is 4.79 Å². The third-order valence-corrected chi connectivity index (χ3v) is 2.45. The molecular weight excluding hydrogens is 272 g/mol. The monoisotopic (exact) mass is 280 g/mol. The van der Waals surface area contributed by atoms with Crippen LogP contribution in [0.3, 0.4) is 0 Å². The average Bonchev–Trinajstić information content (AvgIpc) is 2.64. The summed E-state index contributed by atoms with van der Waals surface area (Å²) in [5, 5.41) is 2.69. The molecule has 2 aromatic rings. The summed E-state index contributed by atoms with van der Waals surface area (Å²) in [6, 6.07) is 5.31. The van der Waals surface area contributed by atoms with Crippen molar-refractivity contribution in [3.05, 3.63) is 41.0 Å². The van der Waals surface area contributed by atoms with Gasteiger partial charge in [-0.25, -0.2) is 9.97 Å². The van der Waals surface area contributed by atoms with Crippen LogP contribution in [0.4, 0.5) is 5.82 Å². The van der Waals surface area contributed by atoms with Gasteiger partial charge in [-0.1, -0.05) is 6.07 Å². The van der Waals surface area contributed by atoms with Crippen molar-refractivity contribution in [2.75, 3.05) is 5.32 Å². The van der Waals surface area contributed by atoms with Gasteiger partial charge in [0.15, 0.2) is 0 Å². The minimum absolute atomic E-state index is 0.231. The van der Waals surface area contributed by atoms with Gasteiger partial charge >= 0.3 is 0 Å². The van der Waals surface area contributed by atoms with Gasteiger partial charge in [-0.2, -0.15) is 0 Å². The zero-order valence-electron chi connectivity index (χ0n) is 8.51. The molecule has 16 heavy (non-hydrogen) atoms. The standard InChI is InChI=1S/C10H9BrN4O/c1-15-6-12-5-7(15)10(16)14-9-4-2-3-8(11)13-9/h2-6H,1H3,(H,13,14,16). The largest absolute Gasteiger partial charge is 0.330 e. The number of halogens is 1. The van der Waals surface area contributed by atoms with Crippen LogP contribution >= 0.6 is 15.9 Å². The highest BCUT2D eigenvalue weighted by atomic mass is 79.9. The molecule has 0 aromatic carbocycles. The van der Waals surface area contributed by atoms with Gasteiger partial charge in [-0.05, 0) is 28.1 Å². The van der Waals surface area contributed by atoms with Gasteiger partial charge < -0.3 is 9.88 Å². The summed E-state index contributed by atoms with van der Waals surface area (Å²) in [5.41, 5.74) is 0.488. The van der Waals surface area contributed by atoms with Crippen molar-refractivity contribution in [2.45, 2.75) is 0 Å². The number of imidazole rings is 1. The van der Waals surface area contributed by atoms with E-state index in [4.69, 9.17) is 0 Å². The Kier molecular flexibility index (Phi) is 3.00. The van der Waals surface area contributed by atoms with E-state index in [1.165, 1.54) is 6.20 Å². The van der Waals surface area contributed by atoms with Crippen LogP contribution in [0.25, 0.3) is 0 Å². The first-order valence-electron chi connectivity index (χ1n) is 4.57. The van der Waals surface area contributed by atoms with Gasteiger partial charge in [-0.15, -0.1) is 0 Å². The summed E-state index contributed by atoms with van der Waals surface area (Å²) in [6.45, 7) is 0. The van der Waals surface area contributed by atoms with Gasteiger partial charge in [0.2, 0.25) is 0 Å². The Morgan fingerprint density at radius 3 is 2.94 bits per heavy atom. The maximum atomic E-state index is 11.8. The lowest BCUT2D eigenvalue weighted by Crippen LogP contribution is -2.16. The fourth-order valence-electron chi connectivity index (χ4n) is 1.23. The highest BCUT2D eigenvalue weighted by Crippen LogP contribution is 2.11. The van der Waals surface area contributed by atoms with Crippen molar-refractivity contribution in [1.29, 1.82) is 0 Å². The molecule has 0 unspecified atom stereocenters. The quantitative estimate of drug-likeness (QED) is 0.854. The molecule has 0 atom stereocenters. The number of nitrogens with one attached hydrogen (secondary N) is 1. The maximum Gasteiger partial charge on any atom is 0.275 e. The van der Waals surface area contributed by atoms with E-state index in [9.17, 15) is 4.79 Å². The molecule has 0 saturated carbocycles. The highest BCUT2D eigenvalue weighted by Gasteiger charge is 2.10. The van der Waals surface area contributed by atoms with Gasteiger partial charge in [0.05, 0.1) is 12.5 Å². The Hall–Kier alpha value is -1.69. The molecule has 2 aromatic heterocycles. The molecule has 0 spiro atoms. The van der Waals surface area contributed by atoms with E-state index in [0.717, 1.165) is 0 Å². The highest BCUT2D eigenvalue weighted by molar-refractivity contribution is 9.10. The summed E-state index contributed by atoms with van der Waals surface area (Å²) in [6.07, 6.45) is 3.08. The Balaban J connectivity index is 2.17. The van der Waals surface area contributed by atoms with E-state index in [1.54, 1.807) is 36.1 Å². The van der Waals surface area contributed by atoms with E-state index in [0.29, 0.717) is 16.1 Å². The number of carbonyl (C=O) groups is 1. The maximum absolute atomic E-state index is 11.8. The number of carbonyl (C=O) groups excluding carboxylic acids is 1. The van der Waals surface area contributed by atoms with Crippen molar-refractivity contribution in [1.82, 2.24) is 14.5 Å². The number of amides is 1. The molecule has 1 amide bonds. The number of nitrogens with zero attached hydrogens (tertiary/aromatic N) is 3. The Morgan fingerprint density at radius 1 is 1.50 bits per heavy atom. The van der Waals surface area contributed by atoms with Crippen LogP contribution in [0.2, 0.25) is 0 Å². The summed E-state index contributed by atoms with van der Waals surface area (Å²) < 4.78 is 2.32. The Bertz CT molecular complexity index is 523. The van der Waals surface area contributed by atoms with Crippen LogP contribution in [0.5, 0.6) is 0 Å². The molecule has 0 fully saturated rings. The van der Waals surface area contributed by atoms with Crippen LogP contribution < -0.4 is 5.32 Å². The van der Waals surface area contributed by atoms with Crippen molar-refractivity contribution in [3.8, 4) is 0 Å². The van der Waals surface area contributed by atoms with E-state index >= 15 is 0 Å². The second-order valence-corrected chi connectivity index (χ2v) is 4.00. The molecule has 5 nitrogen and oxygen atoms in total. The molecule has 82 valence electrons. The zero-order valence-corrected chi connectivity index (χ0v) is 10.1. The summed E-state index contributed by atoms with van der Waals surface area (Å²) in [7, 11) is 1.76. The van der Waals surface area contributed by atoms with Crippen LogP contribution in [-0.4, -0.2) is 20.4 Å². The van der Waals surface area contributed by atoms with Crippen LogP contribution in [0.15, 0.2) is 35.3 Å². The minimum atomic E-state index is -0.231. The van der Waals surface area contributed by atoms with E-state index < -0.39 is 0 Å². The predicted octanol–water partition coefficient (Wildman–Crippen LogP) is 1.83. The molecule has 0 aliphatic heterocycles. The van der Waals surface area contributed by atoms with Crippen molar-refractivity contribution in [3.63, 3.8) is 0 Å². The number of hydrogen-bond acceptors (Lipinski definition) is 3. The molecule has 0 bridgehead atoms. The van der Waals surface area contributed by atoms with Crippen LogP contribution in [-0.2, 0) is 7.05 Å². The van der Waals surface area contributed by atoms with Crippen molar-refractivity contribution in [2.24, 2.45) is 7.05 Å². The lowest BCUT2D eigenvalue weighted by atomic mass is 10.4. The number of aryl methyl sites for hydroxylation is 1. The Labute approximate surface area is 101 Å². The SMILES string of the molecule is Cn1cncc1C(=O)Nc1cccc(Br)n1. The fourth-order valence-corrected chi connectivity index (χ4v) is 1.58. The minimum Gasteiger partial charge on any atom is -0.330 e. The molecule has 2 rings (SSSR count). The molecule has 0 aliphatic carbocycles. The molecule has 6 heteroatoms. The number of rotatable bonds is 2. The zero-order chi connectivity index (χ0) is 11.5. The van der Waals surface area contributed by atoms with Crippen LogP contribution in [0.1, 0.15) is 10.5 Å². The number of hydrogen-bond donors (Lipinski definition) is 1. The van der Waals surface area contributed by atoms with E-state index in [1.807, 2.05) is 0 Å². The molecule has 2 heterocycles. The lowest BCUT2D eigenvalue weighted by molar-refractivity contribution is 0.101. The normalized spacial score (nSPS) is 10.1. The summed E-state index contributed by atoms with van der Waals surface area (Å²) in [5.74, 6) is 0.270. The van der Waals surface area contributed by atoms with E-state index in [2.05, 4.69) is 31.2 Å². The van der Waals surface area contributed by atoms with Crippen LogP contribution in [0, 0.1) is 0 Å². The Morgan fingerprint density at radius 2 is 2.31 bits per heavy atom. The number of pyridine rings is 1. The third kappa shape index (κ3) is 2.27. The van der Waals surface area contributed by atoms with Gasteiger partial charge in [0, 0.05) is 7.05 Å². The third-order valence-electron chi connectivity index (χ3n) is 2.01. The van der Waals surface area contributed by atoms with Crippen molar-refractivity contribution < 1.29 is 4.79 Å². The molecule has 0 aliphatic rings. The first-order chi connectivity index (χ1) is 7.66. The number of aromatic nitrogens is 3. The van der Waals surface area contributed by atoms with E-state index in [-0.39, 0.29) is 5.91 Å². The first-order valence-corrected chi connectivity index (χ1v) is 5.36. The molecule has 0 radical (unpaired) electrons. The topological polar surface area (TPSA) is 59.8 Å². The second-order valence-electron chi connectivity index (χ2n) is 3.19. The molecular formula is C10H9BrN4O. The molecule has 1 N–H and O–H groups in total. The van der Waals surface area contributed by atoms with Gasteiger partial charge in [0.1, 0.15) is 16.1 Å². The average molecular weight is 281 g/mol. The molecule has 0 saturated heterocycles. The number of anilines is 1.